The lowest BCUT2D eigenvalue weighted by atomic mass is 10.0. The molecule has 1 saturated heterocycles. The van der Waals surface area contributed by atoms with Crippen LogP contribution in [-0.2, 0) is 11.8 Å². The summed E-state index contributed by atoms with van der Waals surface area (Å²) < 4.78 is 2.09. The molecule has 5 nitrogen and oxygen atoms in total. The molecule has 0 saturated carbocycles. The molecular weight excluding hydrogens is 350 g/mol. The van der Waals surface area contributed by atoms with Gasteiger partial charge in [0.05, 0.1) is 0 Å². The smallest absolute Gasteiger partial charge is 0.254 e. The standard InChI is InChI=1S/C23H25N3O2/c1-24(2)23(28)21-8-5-12-26(21)22(27)19-7-4-6-16(15-19)17-9-10-20-18(14-17)11-13-25(20)3/h4,6-7,9-11,13-15,21H,5,8,12H2,1-3H3/t21-/m0/s1. The molecule has 0 spiro atoms. The molecular formula is C23H25N3O2. The Labute approximate surface area is 165 Å². The fourth-order valence-corrected chi connectivity index (χ4v) is 4.02. The van der Waals surface area contributed by atoms with Crippen LogP contribution in [0.1, 0.15) is 23.2 Å². The summed E-state index contributed by atoms with van der Waals surface area (Å²) in [6, 6.07) is 15.8. The number of amides is 2. The number of likely N-dealkylation sites (tertiary alicyclic amines) is 1. The highest BCUT2D eigenvalue weighted by Gasteiger charge is 2.35. The monoisotopic (exact) mass is 375 g/mol. The number of carbonyl (C=O) groups is 2. The van der Waals surface area contributed by atoms with E-state index in [1.165, 1.54) is 10.9 Å². The lowest BCUT2D eigenvalue weighted by Gasteiger charge is -2.26. The maximum Gasteiger partial charge on any atom is 0.254 e. The summed E-state index contributed by atoms with van der Waals surface area (Å²) in [5.74, 6) is -0.0723. The van der Waals surface area contributed by atoms with Gasteiger partial charge in [0, 0.05) is 50.4 Å². The van der Waals surface area contributed by atoms with E-state index in [1.54, 1.807) is 23.9 Å². The molecule has 4 rings (SSSR count). The number of likely N-dealkylation sites (N-methyl/N-ethyl adjacent to an activating group) is 1. The summed E-state index contributed by atoms with van der Waals surface area (Å²) in [6.07, 6.45) is 3.64. The number of aryl methyl sites for hydroxylation is 1. The molecule has 144 valence electrons. The molecule has 28 heavy (non-hydrogen) atoms. The molecule has 2 amide bonds. The molecule has 1 aliphatic heterocycles. The van der Waals surface area contributed by atoms with E-state index < -0.39 is 0 Å². The first-order valence-electron chi connectivity index (χ1n) is 9.63. The molecule has 1 fully saturated rings. The average Bonchev–Trinajstić information content (AvgIpc) is 3.33. The van der Waals surface area contributed by atoms with Crippen molar-refractivity contribution in [2.24, 2.45) is 7.05 Å². The SMILES string of the molecule is CN(C)C(=O)[C@@H]1CCCN1C(=O)c1cccc(-c2ccc3c(ccn3C)c2)c1. The van der Waals surface area contributed by atoms with Gasteiger partial charge in [0.25, 0.3) is 5.91 Å². The van der Waals surface area contributed by atoms with E-state index in [9.17, 15) is 9.59 Å². The number of hydrogen-bond donors (Lipinski definition) is 0. The van der Waals surface area contributed by atoms with Gasteiger partial charge in [0.1, 0.15) is 6.04 Å². The molecule has 2 aromatic carbocycles. The third kappa shape index (κ3) is 3.17. The molecule has 0 bridgehead atoms. The summed E-state index contributed by atoms with van der Waals surface area (Å²) in [6.45, 7) is 0.628. The van der Waals surface area contributed by atoms with Gasteiger partial charge in [-0.25, -0.2) is 0 Å². The van der Waals surface area contributed by atoms with Gasteiger partial charge in [0.2, 0.25) is 5.91 Å². The zero-order valence-electron chi connectivity index (χ0n) is 16.6. The van der Waals surface area contributed by atoms with E-state index in [4.69, 9.17) is 0 Å². The van der Waals surface area contributed by atoms with Crippen LogP contribution in [0.3, 0.4) is 0 Å². The number of aromatic nitrogens is 1. The molecule has 1 aromatic heterocycles. The van der Waals surface area contributed by atoms with E-state index in [1.807, 2.05) is 37.5 Å². The second-order valence-corrected chi connectivity index (χ2v) is 7.67. The van der Waals surface area contributed by atoms with Gasteiger partial charge in [-0.1, -0.05) is 18.2 Å². The first-order valence-corrected chi connectivity index (χ1v) is 9.63. The van der Waals surface area contributed by atoms with Crippen molar-refractivity contribution in [3.05, 3.63) is 60.3 Å². The van der Waals surface area contributed by atoms with E-state index >= 15 is 0 Å². The van der Waals surface area contributed by atoms with Crippen molar-refractivity contribution < 1.29 is 9.59 Å². The Hall–Kier alpha value is -3.08. The van der Waals surface area contributed by atoms with Crippen molar-refractivity contribution >= 4 is 22.7 Å². The van der Waals surface area contributed by atoms with Crippen LogP contribution >= 0.6 is 0 Å². The van der Waals surface area contributed by atoms with Crippen LogP contribution in [0.2, 0.25) is 0 Å². The van der Waals surface area contributed by atoms with Gasteiger partial charge in [-0.3, -0.25) is 9.59 Å². The molecule has 2 heterocycles. The molecule has 1 aliphatic rings. The summed E-state index contributed by atoms with van der Waals surface area (Å²) in [7, 11) is 5.51. The van der Waals surface area contributed by atoms with Crippen molar-refractivity contribution in [1.29, 1.82) is 0 Å². The Morgan fingerprint density at radius 1 is 1.04 bits per heavy atom. The minimum atomic E-state index is -0.355. The highest BCUT2D eigenvalue weighted by Crippen LogP contribution is 2.27. The predicted octanol–water partition coefficient (Wildman–Crippen LogP) is 3.54. The third-order valence-corrected chi connectivity index (χ3v) is 5.57. The minimum absolute atomic E-state index is 0.00321. The van der Waals surface area contributed by atoms with Gasteiger partial charge in [-0.05, 0) is 54.3 Å². The maximum atomic E-state index is 13.1. The highest BCUT2D eigenvalue weighted by atomic mass is 16.2. The van der Waals surface area contributed by atoms with E-state index in [0.29, 0.717) is 12.1 Å². The van der Waals surface area contributed by atoms with Crippen molar-refractivity contribution in [3.8, 4) is 11.1 Å². The average molecular weight is 375 g/mol. The van der Waals surface area contributed by atoms with Gasteiger partial charge in [-0.15, -0.1) is 0 Å². The highest BCUT2D eigenvalue weighted by molar-refractivity contribution is 5.99. The van der Waals surface area contributed by atoms with Crippen LogP contribution in [0.25, 0.3) is 22.0 Å². The lowest BCUT2D eigenvalue weighted by molar-refractivity contribution is -0.132. The summed E-state index contributed by atoms with van der Waals surface area (Å²) in [4.78, 5) is 28.9. The normalized spacial score (nSPS) is 16.5. The first kappa shape index (κ1) is 18.3. The largest absolute Gasteiger partial charge is 0.351 e. The van der Waals surface area contributed by atoms with E-state index in [2.05, 4.69) is 28.8 Å². The minimum Gasteiger partial charge on any atom is -0.351 e. The van der Waals surface area contributed by atoms with Crippen LogP contribution in [0.5, 0.6) is 0 Å². The number of nitrogens with zero attached hydrogens (tertiary/aromatic N) is 3. The second-order valence-electron chi connectivity index (χ2n) is 7.67. The van der Waals surface area contributed by atoms with Crippen LogP contribution in [-0.4, -0.2) is 52.9 Å². The quantitative estimate of drug-likeness (QED) is 0.703. The summed E-state index contributed by atoms with van der Waals surface area (Å²) >= 11 is 0. The Morgan fingerprint density at radius 2 is 1.82 bits per heavy atom. The molecule has 3 aromatic rings. The summed E-state index contributed by atoms with van der Waals surface area (Å²) in [5.41, 5.74) is 3.89. The third-order valence-electron chi connectivity index (χ3n) is 5.57. The van der Waals surface area contributed by atoms with Crippen molar-refractivity contribution in [3.63, 3.8) is 0 Å². The second kappa shape index (κ2) is 7.15. The zero-order valence-corrected chi connectivity index (χ0v) is 16.6. The first-order chi connectivity index (χ1) is 13.5. The maximum absolute atomic E-state index is 13.1. The molecule has 0 N–H and O–H groups in total. The Kier molecular flexibility index (Phi) is 4.67. The molecule has 0 radical (unpaired) electrons. The molecule has 5 heteroatoms. The van der Waals surface area contributed by atoms with Gasteiger partial charge in [-0.2, -0.15) is 0 Å². The number of rotatable bonds is 3. The number of fused-ring (bicyclic) bond motifs is 1. The van der Waals surface area contributed by atoms with Gasteiger partial charge >= 0.3 is 0 Å². The predicted molar refractivity (Wildman–Crippen MR) is 111 cm³/mol. The van der Waals surface area contributed by atoms with E-state index in [0.717, 1.165) is 24.0 Å². The van der Waals surface area contributed by atoms with E-state index in [-0.39, 0.29) is 17.9 Å². The molecule has 0 unspecified atom stereocenters. The van der Waals surface area contributed by atoms with Gasteiger partial charge in [0.15, 0.2) is 0 Å². The Bertz CT molecular complexity index is 1050. The number of carbonyl (C=O) groups excluding carboxylic acids is 2. The molecule has 1 atom stereocenters. The number of benzene rings is 2. The summed E-state index contributed by atoms with van der Waals surface area (Å²) in [5, 5.41) is 1.17. The van der Waals surface area contributed by atoms with Crippen LogP contribution < -0.4 is 0 Å². The fourth-order valence-electron chi connectivity index (χ4n) is 4.02. The topological polar surface area (TPSA) is 45.6 Å². The molecule has 0 aliphatic carbocycles. The van der Waals surface area contributed by atoms with Crippen LogP contribution in [0.15, 0.2) is 54.7 Å². The Balaban J connectivity index is 1.64. The van der Waals surface area contributed by atoms with Gasteiger partial charge < -0.3 is 14.4 Å². The fraction of sp³-hybridized carbons (Fsp3) is 0.304. The lowest BCUT2D eigenvalue weighted by Crippen LogP contribution is -2.45. The van der Waals surface area contributed by atoms with Crippen LogP contribution in [0, 0.1) is 0 Å². The van der Waals surface area contributed by atoms with Crippen molar-refractivity contribution in [2.45, 2.75) is 18.9 Å². The Morgan fingerprint density at radius 3 is 2.61 bits per heavy atom. The van der Waals surface area contributed by atoms with Crippen molar-refractivity contribution in [2.75, 3.05) is 20.6 Å². The number of hydrogen-bond acceptors (Lipinski definition) is 2. The zero-order chi connectivity index (χ0) is 19.8. The van der Waals surface area contributed by atoms with Crippen LogP contribution in [0.4, 0.5) is 0 Å². The van der Waals surface area contributed by atoms with Crippen molar-refractivity contribution in [1.82, 2.24) is 14.4 Å².